The second-order valence-corrected chi connectivity index (χ2v) is 9.66. The average molecular weight is 341 g/mol. The van der Waals surface area contributed by atoms with Crippen molar-refractivity contribution < 1.29 is 0 Å². The van der Waals surface area contributed by atoms with E-state index in [0.717, 1.165) is 11.8 Å². The van der Waals surface area contributed by atoms with Crippen molar-refractivity contribution in [1.29, 1.82) is 0 Å². The molecule has 7 rings (SSSR count). The number of benzene rings is 2. The smallest absolute Gasteiger partial charge is 0.0456 e. The number of aryl methyl sites for hydroxylation is 1. The standard InChI is InChI=1S/C25H27N/c1-17-6-8-21(9-7-17)24-12-18-10-19(13-24)15-25(14-18,16-24)23-11-20-4-2-3-5-22(20)26-23/h2-9,11,18-19,26H,10,12-16H2,1H3/t18-,19+,24?,25?. The van der Waals surface area contributed by atoms with Crippen LogP contribution in [0, 0.1) is 18.8 Å². The van der Waals surface area contributed by atoms with Crippen molar-refractivity contribution in [2.24, 2.45) is 11.8 Å². The van der Waals surface area contributed by atoms with Gasteiger partial charge in [0, 0.05) is 16.6 Å². The van der Waals surface area contributed by atoms with Crippen LogP contribution in [0.1, 0.15) is 55.3 Å². The molecule has 4 aliphatic rings. The fourth-order valence-electron chi connectivity index (χ4n) is 7.18. The molecule has 4 atom stereocenters. The summed E-state index contributed by atoms with van der Waals surface area (Å²) in [6.07, 6.45) is 8.41. The fourth-order valence-corrected chi connectivity index (χ4v) is 7.18. The zero-order chi connectivity index (χ0) is 17.4. The highest BCUT2D eigenvalue weighted by molar-refractivity contribution is 5.80. The van der Waals surface area contributed by atoms with Crippen molar-refractivity contribution in [3.05, 3.63) is 71.4 Å². The van der Waals surface area contributed by atoms with E-state index >= 15 is 0 Å². The van der Waals surface area contributed by atoms with Gasteiger partial charge in [-0.25, -0.2) is 0 Å². The average Bonchev–Trinajstić information content (AvgIpc) is 3.06. The topological polar surface area (TPSA) is 15.8 Å². The lowest BCUT2D eigenvalue weighted by Gasteiger charge is -2.62. The number of fused-ring (bicyclic) bond motifs is 1. The molecule has 1 aromatic heterocycles. The molecule has 0 spiro atoms. The molecule has 1 heteroatoms. The molecule has 1 N–H and O–H groups in total. The molecule has 0 aliphatic heterocycles. The molecule has 4 saturated carbocycles. The normalized spacial score (nSPS) is 35.3. The Labute approximate surface area is 155 Å². The Morgan fingerprint density at radius 1 is 0.846 bits per heavy atom. The molecule has 0 amide bonds. The molecule has 0 saturated heterocycles. The van der Waals surface area contributed by atoms with Gasteiger partial charge in [0.15, 0.2) is 0 Å². The minimum atomic E-state index is 0.369. The van der Waals surface area contributed by atoms with Crippen LogP contribution >= 0.6 is 0 Å². The summed E-state index contributed by atoms with van der Waals surface area (Å²) >= 11 is 0. The maximum absolute atomic E-state index is 3.83. The molecular formula is C25H27N. The summed E-state index contributed by atoms with van der Waals surface area (Å²) in [6.45, 7) is 2.20. The highest BCUT2D eigenvalue weighted by atomic mass is 14.8. The third-order valence-corrected chi connectivity index (χ3v) is 7.83. The third-order valence-electron chi connectivity index (χ3n) is 7.83. The van der Waals surface area contributed by atoms with Gasteiger partial charge in [-0.05, 0) is 85.8 Å². The van der Waals surface area contributed by atoms with Crippen LogP contribution in [-0.2, 0) is 10.8 Å². The third kappa shape index (κ3) is 2.03. The number of aromatic amines is 1. The van der Waals surface area contributed by atoms with Gasteiger partial charge in [-0.15, -0.1) is 0 Å². The monoisotopic (exact) mass is 341 g/mol. The summed E-state index contributed by atoms with van der Waals surface area (Å²) < 4.78 is 0. The summed E-state index contributed by atoms with van der Waals surface area (Å²) in [6, 6.07) is 20.8. The van der Waals surface area contributed by atoms with E-state index in [1.807, 2.05) is 0 Å². The van der Waals surface area contributed by atoms with Crippen molar-refractivity contribution in [1.82, 2.24) is 4.98 Å². The molecule has 26 heavy (non-hydrogen) atoms. The quantitative estimate of drug-likeness (QED) is 0.566. The molecule has 132 valence electrons. The number of rotatable bonds is 2. The Balaban J connectivity index is 1.48. The van der Waals surface area contributed by atoms with E-state index < -0.39 is 0 Å². The minimum Gasteiger partial charge on any atom is -0.358 e. The van der Waals surface area contributed by atoms with Crippen LogP contribution in [0.3, 0.4) is 0 Å². The van der Waals surface area contributed by atoms with E-state index in [2.05, 4.69) is 66.5 Å². The summed E-state index contributed by atoms with van der Waals surface area (Å²) in [7, 11) is 0. The van der Waals surface area contributed by atoms with Crippen LogP contribution < -0.4 is 0 Å². The number of hydrogen-bond acceptors (Lipinski definition) is 0. The van der Waals surface area contributed by atoms with Crippen LogP contribution in [-0.4, -0.2) is 4.98 Å². The second-order valence-electron chi connectivity index (χ2n) is 9.66. The van der Waals surface area contributed by atoms with E-state index in [0.29, 0.717) is 10.8 Å². The van der Waals surface area contributed by atoms with Gasteiger partial charge in [-0.3, -0.25) is 0 Å². The Bertz CT molecular complexity index is 930. The lowest BCUT2D eigenvalue weighted by molar-refractivity contribution is -0.0296. The zero-order valence-electron chi connectivity index (χ0n) is 15.6. The van der Waals surface area contributed by atoms with Crippen LogP contribution in [0.2, 0.25) is 0 Å². The highest BCUT2D eigenvalue weighted by Crippen LogP contribution is 2.66. The van der Waals surface area contributed by atoms with E-state index in [1.54, 1.807) is 5.56 Å². The molecule has 4 aliphatic carbocycles. The second kappa shape index (κ2) is 5.03. The van der Waals surface area contributed by atoms with E-state index in [1.165, 1.54) is 60.7 Å². The van der Waals surface area contributed by atoms with Gasteiger partial charge in [0.2, 0.25) is 0 Å². The Kier molecular flexibility index (Phi) is 2.92. The Hall–Kier alpha value is -2.02. The van der Waals surface area contributed by atoms with Crippen molar-refractivity contribution in [3.63, 3.8) is 0 Å². The van der Waals surface area contributed by atoms with Gasteiger partial charge >= 0.3 is 0 Å². The van der Waals surface area contributed by atoms with Gasteiger partial charge < -0.3 is 4.98 Å². The summed E-state index contributed by atoms with van der Waals surface area (Å²) in [5.74, 6) is 1.81. The molecule has 4 bridgehead atoms. The summed E-state index contributed by atoms with van der Waals surface area (Å²) in [5, 5.41) is 1.38. The number of nitrogens with one attached hydrogen (secondary N) is 1. The molecule has 2 aromatic carbocycles. The molecule has 0 radical (unpaired) electrons. The minimum absolute atomic E-state index is 0.369. The molecule has 3 aromatic rings. The van der Waals surface area contributed by atoms with Crippen LogP contribution in [0.4, 0.5) is 0 Å². The van der Waals surface area contributed by atoms with Crippen molar-refractivity contribution in [2.45, 2.75) is 56.3 Å². The lowest BCUT2D eigenvalue weighted by atomic mass is 9.42. The number of H-pyrrole nitrogens is 1. The van der Waals surface area contributed by atoms with Crippen LogP contribution in [0.25, 0.3) is 10.9 Å². The van der Waals surface area contributed by atoms with Crippen molar-refractivity contribution in [3.8, 4) is 0 Å². The molecule has 2 unspecified atom stereocenters. The first kappa shape index (κ1) is 15.1. The Morgan fingerprint density at radius 2 is 1.54 bits per heavy atom. The van der Waals surface area contributed by atoms with E-state index in [4.69, 9.17) is 0 Å². The first-order chi connectivity index (χ1) is 12.6. The predicted octanol–water partition coefficient (Wildman–Crippen LogP) is 6.27. The molecular weight excluding hydrogens is 314 g/mol. The van der Waals surface area contributed by atoms with Gasteiger partial charge in [-0.2, -0.15) is 0 Å². The summed E-state index contributed by atoms with van der Waals surface area (Å²) in [5.41, 5.74) is 6.59. The first-order valence-corrected chi connectivity index (χ1v) is 10.3. The fraction of sp³-hybridized carbons (Fsp3) is 0.440. The lowest BCUT2D eigenvalue weighted by Crippen LogP contribution is -2.56. The summed E-state index contributed by atoms with van der Waals surface area (Å²) in [4.78, 5) is 3.83. The number of aromatic nitrogens is 1. The van der Waals surface area contributed by atoms with Gasteiger partial charge in [-0.1, -0.05) is 48.0 Å². The predicted molar refractivity (Wildman–Crippen MR) is 108 cm³/mol. The van der Waals surface area contributed by atoms with Crippen LogP contribution in [0.15, 0.2) is 54.6 Å². The van der Waals surface area contributed by atoms with E-state index in [-0.39, 0.29) is 0 Å². The zero-order valence-corrected chi connectivity index (χ0v) is 15.6. The molecule has 1 nitrogen and oxygen atoms in total. The van der Waals surface area contributed by atoms with E-state index in [9.17, 15) is 0 Å². The molecule has 1 heterocycles. The van der Waals surface area contributed by atoms with Gasteiger partial charge in [0.25, 0.3) is 0 Å². The van der Waals surface area contributed by atoms with Crippen molar-refractivity contribution in [2.75, 3.05) is 0 Å². The van der Waals surface area contributed by atoms with Crippen LogP contribution in [0.5, 0.6) is 0 Å². The highest BCUT2D eigenvalue weighted by Gasteiger charge is 2.59. The largest absolute Gasteiger partial charge is 0.358 e. The number of hydrogen-bond donors (Lipinski definition) is 1. The van der Waals surface area contributed by atoms with Gasteiger partial charge in [0.05, 0.1) is 0 Å². The van der Waals surface area contributed by atoms with Crippen molar-refractivity contribution >= 4 is 10.9 Å². The first-order valence-electron chi connectivity index (χ1n) is 10.3. The SMILES string of the molecule is Cc1ccc(C23C[C@H]4C[C@@H](C2)CC(c2cc5ccccc5[nH]2)(C4)C3)cc1. The Morgan fingerprint density at radius 3 is 2.27 bits per heavy atom. The van der Waals surface area contributed by atoms with Gasteiger partial charge in [0.1, 0.15) is 0 Å². The number of para-hydroxylation sites is 1. The molecule has 4 fully saturated rings. The maximum atomic E-state index is 3.83. The maximum Gasteiger partial charge on any atom is 0.0456 e.